The highest BCUT2D eigenvalue weighted by atomic mass is 16.5. The standard InChI is InChI=1S/C21H34N2O2/c24-21(18-4-1-2-5-18)23(9-3-8-22-10-12-25-13-11-22)16-20-15-17-6-7-19(20)14-17/h6-7,17-20H,1-5,8-16H2. The highest BCUT2D eigenvalue weighted by Crippen LogP contribution is 2.44. The number of amides is 1. The van der Waals surface area contributed by atoms with Crippen molar-refractivity contribution in [3.8, 4) is 0 Å². The summed E-state index contributed by atoms with van der Waals surface area (Å²) in [7, 11) is 0. The van der Waals surface area contributed by atoms with Crippen molar-refractivity contribution in [3.63, 3.8) is 0 Å². The van der Waals surface area contributed by atoms with E-state index in [-0.39, 0.29) is 0 Å². The fourth-order valence-electron chi connectivity index (χ4n) is 5.42. The lowest BCUT2D eigenvalue weighted by Gasteiger charge is -2.32. The van der Waals surface area contributed by atoms with Gasteiger partial charge in [0, 0.05) is 38.6 Å². The number of nitrogens with zero attached hydrogens (tertiary/aromatic N) is 2. The Kier molecular flexibility index (Phi) is 5.76. The maximum absolute atomic E-state index is 13.1. The summed E-state index contributed by atoms with van der Waals surface area (Å²) >= 11 is 0. The van der Waals surface area contributed by atoms with Crippen molar-refractivity contribution < 1.29 is 9.53 Å². The van der Waals surface area contributed by atoms with Crippen LogP contribution in [0.3, 0.4) is 0 Å². The van der Waals surface area contributed by atoms with E-state index >= 15 is 0 Å². The number of fused-ring (bicyclic) bond motifs is 2. The zero-order chi connectivity index (χ0) is 17.1. The number of hydrogen-bond acceptors (Lipinski definition) is 3. The number of carbonyl (C=O) groups is 1. The van der Waals surface area contributed by atoms with Crippen LogP contribution in [0.15, 0.2) is 12.2 Å². The molecule has 1 aliphatic heterocycles. The van der Waals surface area contributed by atoms with Crippen LogP contribution in [0.2, 0.25) is 0 Å². The summed E-state index contributed by atoms with van der Waals surface area (Å²) < 4.78 is 5.44. The van der Waals surface area contributed by atoms with Crippen LogP contribution in [-0.4, -0.2) is 61.6 Å². The molecule has 2 bridgehead atoms. The van der Waals surface area contributed by atoms with Gasteiger partial charge in [-0.25, -0.2) is 0 Å². The van der Waals surface area contributed by atoms with Gasteiger partial charge in [0.25, 0.3) is 0 Å². The Balaban J connectivity index is 1.31. The Morgan fingerprint density at radius 1 is 1.12 bits per heavy atom. The van der Waals surface area contributed by atoms with Gasteiger partial charge in [0.2, 0.25) is 5.91 Å². The molecule has 3 fully saturated rings. The first-order valence-corrected chi connectivity index (χ1v) is 10.6. The second kappa shape index (κ2) is 8.22. The molecule has 3 unspecified atom stereocenters. The van der Waals surface area contributed by atoms with E-state index in [1.54, 1.807) is 0 Å². The minimum atomic E-state index is 0.317. The summed E-state index contributed by atoms with van der Waals surface area (Å²) in [6, 6.07) is 0. The lowest BCUT2D eigenvalue weighted by molar-refractivity contribution is -0.136. The Bertz CT molecular complexity index is 480. The van der Waals surface area contributed by atoms with Crippen LogP contribution >= 0.6 is 0 Å². The fraction of sp³-hybridized carbons (Fsp3) is 0.857. The summed E-state index contributed by atoms with van der Waals surface area (Å²) in [5.74, 6) is 3.03. The largest absolute Gasteiger partial charge is 0.379 e. The first kappa shape index (κ1) is 17.5. The number of allylic oxidation sites excluding steroid dienone is 2. The highest BCUT2D eigenvalue weighted by molar-refractivity contribution is 5.79. The van der Waals surface area contributed by atoms with Gasteiger partial charge in [-0.15, -0.1) is 0 Å². The predicted octanol–water partition coefficient (Wildman–Crippen LogP) is 2.94. The second-order valence-corrected chi connectivity index (χ2v) is 8.61. The van der Waals surface area contributed by atoms with E-state index in [0.29, 0.717) is 17.7 Å². The molecule has 3 aliphatic carbocycles. The van der Waals surface area contributed by atoms with E-state index in [9.17, 15) is 4.79 Å². The Morgan fingerprint density at radius 3 is 2.60 bits per heavy atom. The Labute approximate surface area is 152 Å². The van der Waals surface area contributed by atoms with Crippen LogP contribution in [0.4, 0.5) is 0 Å². The van der Waals surface area contributed by atoms with Crippen LogP contribution in [-0.2, 0) is 9.53 Å². The van der Waals surface area contributed by atoms with Crippen LogP contribution in [0.5, 0.6) is 0 Å². The molecule has 0 aromatic heterocycles. The number of ether oxygens (including phenoxy) is 1. The van der Waals surface area contributed by atoms with E-state index in [4.69, 9.17) is 4.74 Å². The molecule has 2 saturated carbocycles. The molecular formula is C21H34N2O2. The van der Waals surface area contributed by atoms with E-state index in [0.717, 1.165) is 77.0 Å². The Hall–Kier alpha value is -0.870. The van der Waals surface area contributed by atoms with Gasteiger partial charge in [0.1, 0.15) is 0 Å². The molecule has 1 saturated heterocycles. The zero-order valence-electron chi connectivity index (χ0n) is 15.6. The summed E-state index contributed by atoms with van der Waals surface area (Å²) in [6.45, 7) is 6.88. The average Bonchev–Trinajstić information content (AvgIpc) is 3.39. The third-order valence-electron chi connectivity index (χ3n) is 6.89. The first-order chi connectivity index (χ1) is 12.3. The van der Waals surface area contributed by atoms with Crippen molar-refractivity contribution in [2.45, 2.75) is 44.9 Å². The maximum atomic E-state index is 13.1. The van der Waals surface area contributed by atoms with Crippen molar-refractivity contribution in [2.75, 3.05) is 45.9 Å². The molecule has 1 amide bonds. The molecule has 4 aliphatic rings. The first-order valence-electron chi connectivity index (χ1n) is 10.6. The third kappa shape index (κ3) is 4.28. The summed E-state index contributed by atoms with van der Waals surface area (Å²) in [6.07, 6.45) is 13.3. The molecule has 3 atom stereocenters. The number of morpholine rings is 1. The molecule has 0 spiro atoms. The monoisotopic (exact) mass is 346 g/mol. The van der Waals surface area contributed by atoms with Crippen LogP contribution in [0.25, 0.3) is 0 Å². The minimum Gasteiger partial charge on any atom is -0.379 e. The van der Waals surface area contributed by atoms with Gasteiger partial charge < -0.3 is 9.64 Å². The molecule has 140 valence electrons. The van der Waals surface area contributed by atoms with E-state index in [1.165, 1.54) is 25.7 Å². The van der Waals surface area contributed by atoms with Crippen LogP contribution < -0.4 is 0 Å². The molecule has 25 heavy (non-hydrogen) atoms. The molecule has 4 rings (SSSR count). The smallest absolute Gasteiger partial charge is 0.225 e. The molecule has 0 aromatic carbocycles. The van der Waals surface area contributed by atoms with Crippen molar-refractivity contribution in [3.05, 3.63) is 12.2 Å². The SMILES string of the molecule is O=C(C1CCCC1)N(CCCN1CCOCC1)CC1CC2C=CC1C2. The third-order valence-corrected chi connectivity index (χ3v) is 6.89. The molecule has 0 N–H and O–H groups in total. The molecule has 4 nitrogen and oxygen atoms in total. The van der Waals surface area contributed by atoms with Gasteiger partial charge in [0.05, 0.1) is 13.2 Å². The second-order valence-electron chi connectivity index (χ2n) is 8.61. The van der Waals surface area contributed by atoms with Crippen molar-refractivity contribution in [1.29, 1.82) is 0 Å². The summed E-state index contributed by atoms with van der Waals surface area (Å²) in [4.78, 5) is 17.8. The van der Waals surface area contributed by atoms with E-state index in [1.807, 2.05) is 0 Å². The van der Waals surface area contributed by atoms with Crippen LogP contribution in [0, 0.1) is 23.7 Å². The molecule has 0 radical (unpaired) electrons. The normalized spacial score (nSPS) is 32.6. The van der Waals surface area contributed by atoms with Crippen molar-refractivity contribution >= 4 is 5.91 Å². The highest BCUT2D eigenvalue weighted by Gasteiger charge is 2.38. The van der Waals surface area contributed by atoms with Crippen LogP contribution in [0.1, 0.15) is 44.9 Å². The van der Waals surface area contributed by atoms with Gasteiger partial charge in [-0.1, -0.05) is 25.0 Å². The van der Waals surface area contributed by atoms with Crippen molar-refractivity contribution in [2.24, 2.45) is 23.7 Å². The van der Waals surface area contributed by atoms with Gasteiger partial charge in [-0.2, -0.15) is 0 Å². The number of hydrogen-bond donors (Lipinski definition) is 0. The average molecular weight is 347 g/mol. The Morgan fingerprint density at radius 2 is 1.92 bits per heavy atom. The van der Waals surface area contributed by atoms with Crippen molar-refractivity contribution in [1.82, 2.24) is 9.80 Å². The molecule has 0 aromatic rings. The van der Waals surface area contributed by atoms with Gasteiger partial charge >= 0.3 is 0 Å². The molecular weight excluding hydrogens is 312 g/mol. The fourth-order valence-corrected chi connectivity index (χ4v) is 5.42. The van der Waals surface area contributed by atoms with E-state index < -0.39 is 0 Å². The maximum Gasteiger partial charge on any atom is 0.225 e. The van der Waals surface area contributed by atoms with E-state index in [2.05, 4.69) is 22.0 Å². The lowest BCUT2D eigenvalue weighted by atomic mass is 9.92. The topological polar surface area (TPSA) is 32.8 Å². The van der Waals surface area contributed by atoms with Gasteiger partial charge in [-0.3, -0.25) is 9.69 Å². The predicted molar refractivity (Wildman–Crippen MR) is 99.3 cm³/mol. The molecule has 1 heterocycles. The number of rotatable bonds is 7. The summed E-state index contributed by atoms with van der Waals surface area (Å²) in [5.41, 5.74) is 0. The molecule has 4 heteroatoms. The summed E-state index contributed by atoms with van der Waals surface area (Å²) in [5, 5.41) is 0. The lowest BCUT2D eigenvalue weighted by Crippen LogP contribution is -2.42. The van der Waals surface area contributed by atoms with Gasteiger partial charge in [0.15, 0.2) is 0 Å². The van der Waals surface area contributed by atoms with Gasteiger partial charge in [-0.05, 0) is 49.9 Å². The number of carbonyl (C=O) groups excluding carboxylic acids is 1. The quantitative estimate of drug-likeness (QED) is 0.665. The zero-order valence-corrected chi connectivity index (χ0v) is 15.6. The minimum absolute atomic E-state index is 0.317.